The summed E-state index contributed by atoms with van der Waals surface area (Å²) in [5.41, 5.74) is 6.16. The molecule has 1 heterocycles. The lowest BCUT2D eigenvalue weighted by Crippen LogP contribution is -1.99. The van der Waals surface area contributed by atoms with Gasteiger partial charge in [0.05, 0.1) is 11.6 Å². The van der Waals surface area contributed by atoms with Crippen molar-refractivity contribution >= 4 is 34.2 Å². The zero-order valence-corrected chi connectivity index (χ0v) is 16.3. The van der Waals surface area contributed by atoms with E-state index in [0.717, 1.165) is 28.6 Å². The fourth-order valence-corrected chi connectivity index (χ4v) is 3.67. The zero-order valence-electron chi connectivity index (χ0n) is 15.6. The number of nitrogens with zero attached hydrogens (tertiary/aromatic N) is 2. The number of hydrogen-bond donors (Lipinski definition) is 0. The monoisotopic (exact) mass is 382 g/mol. The average Bonchev–Trinajstić information content (AvgIpc) is 3.05. The van der Waals surface area contributed by atoms with E-state index in [4.69, 9.17) is 11.6 Å². The van der Waals surface area contributed by atoms with E-state index in [-0.39, 0.29) is 0 Å². The average molecular weight is 383 g/mol. The first-order valence-electron chi connectivity index (χ1n) is 9.16. The standard InChI is InChI=1S/C25H19ClN2/c1-18-7-2-3-8-20(18)16-28-17-22(24-11-4-5-12-25(24)28)13-21(15-27)19-9-6-10-23(26)14-19/h2-14,17H,16H2,1H3/b21-13+. The first-order chi connectivity index (χ1) is 13.7. The Bertz CT molecular complexity index is 1220. The molecule has 0 atom stereocenters. The van der Waals surface area contributed by atoms with Gasteiger partial charge in [0.1, 0.15) is 0 Å². The maximum absolute atomic E-state index is 9.71. The maximum atomic E-state index is 9.71. The summed E-state index contributed by atoms with van der Waals surface area (Å²) >= 11 is 6.11. The molecule has 0 bridgehead atoms. The van der Waals surface area contributed by atoms with Crippen LogP contribution in [-0.2, 0) is 6.54 Å². The number of halogens is 1. The van der Waals surface area contributed by atoms with Gasteiger partial charge in [-0.15, -0.1) is 0 Å². The van der Waals surface area contributed by atoms with Crippen molar-refractivity contribution in [2.75, 3.05) is 0 Å². The molecular weight excluding hydrogens is 364 g/mol. The fraction of sp³-hybridized carbons (Fsp3) is 0.0800. The van der Waals surface area contributed by atoms with Gasteiger partial charge in [0, 0.05) is 34.2 Å². The normalized spacial score (nSPS) is 11.5. The predicted octanol–water partition coefficient (Wildman–Crippen LogP) is 6.72. The molecule has 0 saturated heterocycles. The van der Waals surface area contributed by atoms with Crippen LogP contribution in [0.5, 0.6) is 0 Å². The summed E-state index contributed by atoms with van der Waals surface area (Å²) in [6.45, 7) is 2.93. The predicted molar refractivity (Wildman–Crippen MR) is 117 cm³/mol. The van der Waals surface area contributed by atoms with Gasteiger partial charge in [-0.05, 0) is 47.9 Å². The molecule has 0 aliphatic rings. The number of aryl methyl sites for hydroxylation is 1. The van der Waals surface area contributed by atoms with E-state index in [1.165, 1.54) is 11.1 Å². The highest BCUT2D eigenvalue weighted by molar-refractivity contribution is 6.30. The van der Waals surface area contributed by atoms with Gasteiger partial charge in [-0.25, -0.2) is 0 Å². The second kappa shape index (κ2) is 7.76. The van der Waals surface area contributed by atoms with Crippen LogP contribution < -0.4 is 0 Å². The number of allylic oxidation sites excluding steroid dienone is 1. The lowest BCUT2D eigenvalue weighted by atomic mass is 10.0. The van der Waals surface area contributed by atoms with Crippen molar-refractivity contribution < 1.29 is 0 Å². The van der Waals surface area contributed by atoms with Crippen molar-refractivity contribution in [2.24, 2.45) is 0 Å². The van der Waals surface area contributed by atoms with Crippen LogP contribution in [0.15, 0.2) is 79.0 Å². The van der Waals surface area contributed by atoms with Gasteiger partial charge in [0.2, 0.25) is 0 Å². The molecule has 0 amide bonds. The minimum absolute atomic E-state index is 0.598. The summed E-state index contributed by atoms with van der Waals surface area (Å²) < 4.78 is 2.25. The molecule has 0 spiro atoms. The highest BCUT2D eigenvalue weighted by Gasteiger charge is 2.10. The highest BCUT2D eigenvalue weighted by atomic mass is 35.5. The lowest BCUT2D eigenvalue weighted by molar-refractivity contribution is 0.830. The third-order valence-corrected chi connectivity index (χ3v) is 5.21. The summed E-state index contributed by atoms with van der Waals surface area (Å²) in [4.78, 5) is 0. The summed E-state index contributed by atoms with van der Waals surface area (Å²) in [7, 11) is 0. The van der Waals surface area contributed by atoms with Crippen molar-refractivity contribution in [1.82, 2.24) is 4.57 Å². The Morgan fingerprint density at radius 2 is 1.82 bits per heavy atom. The van der Waals surface area contributed by atoms with Crippen molar-refractivity contribution in [3.63, 3.8) is 0 Å². The molecule has 3 aromatic carbocycles. The van der Waals surface area contributed by atoms with Gasteiger partial charge in [0.15, 0.2) is 0 Å². The molecule has 0 fully saturated rings. The summed E-state index contributed by atoms with van der Waals surface area (Å²) in [5.74, 6) is 0. The van der Waals surface area contributed by atoms with Gasteiger partial charge in [-0.2, -0.15) is 5.26 Å². The minimum Gasteiger partial charge on any atom is -0.342 e. The largest absolute Gasteiger partial charge is 0.342 e. The number of para-hydroxylation sites is 1. The number of rotatable bonds is 4. The Labute approximate surface area is 169 Å². The molecule has 0 aliphatic carbocycles. The quantitative estimate of drug-likeness (QED) is 0.360. The van der Waals surface area contributed by atoms with Crippen molar-refractivity contribution in [1.29, 1.82) is 5.26 Å². The number of hydrogen-bond acceptors (Lipinski definition) is 1. The molecule has 2 nitrogen and oxygen atoms in total. The topological polar surface area (TPSA) is 28.7 Å². The van der Waals surface area contributed by atoms with Crippen LogP contribution in [-0.4, -0.2) is 4.57 Å². The Morgan fingerprint density at radius 3 is 2.61 bits per heavy atom. The van der Waals surface area contributed by atoms with Crippen LogP contribution in [0.2, 0.25) is 5.02 Å². The van der Waals surface area contributed by atoms with Crippen LogP contribution in [0.1, 0.15) is 22.3 Å². The molecule has 1 aromatic heterocycles. The van der Waals surface area contributed by atoms with Crippen molar-refractivity contribution in [3.8, 4) is 6.07 Å². The molecule has 0 N–H and O–H groups in total. The van der Waals surface area contributed by atoms with E-state index < -0.39 is 0 Å². The van der Waals surface area contributed by atoms with Crippen molar-refractivity contribution in [2.45, 2.75) is 13.5 Å². The second-order valence-electron chi connectivity index (χ2n) is 6.84. The molecule has 0 aliphatic heterocycles. The third-order valence-electron chi connectivity index (χ3n) is 4.98. The third kappa shape index (κ3) is 3.58. The van der Waals surface area contributed by atoms with Crippen LogP contribution in [0.4, 0.5) is 0 Å². The molecular formula is C25H19ClN2. The Kier molecular flexibility index (Phi) is 5.02. The molecule has 4 aromatic rings. The van der Waals surface area contributed by atoms with Crippen LogP contribution in [0.25, 0.3) is 22.6 Å². The van der Waals surface area contributed by atoms with E-state index in [2.05, 4.69) is 60.2 Å². The van der Waals surface area contributed by atoms with Crippen LogP contribution >= 0.6 is 11.6 Å². The highest BCUT2D eigenvalue weighted by Crippen LogP contribution is 2.28. The van der Waals surface area contributed by atoms with Crippen LogP contribution in [0, 0.1) is 18.3 Å². The molecule has 0 unspecified atom stereocenters. The van der Waals surface area contributed by atoms with Gasteiger partial charge in [-0.1, -0.05) is 66.2 Å². The first kappa shape index (κ1) is 18.1. The molecule has 0 saturated carbocycles. The molecule has 28 heavy (non-hydrogen) atoms. The maximum Gasteiger partial charge on any atom is 0.0998 e. The fourth-order valence-electron chi connectivity index (χ4n) is 3.48. The van der Waals surface area contributed by atoms with Crippen molar-refractivity contribution in [3.05, 3.63) is 106 Å². The van der Waals surface area contributed by atoms with E-state index in [9.17, 15) is 5.26 Å². The number of benzene rings is 3. The van der Waals surface area contributed by atoms with Gasteiger partial charge >= 0.3 is 0 Å². The molecule has 4 rings (SSSR count). The van der Waals surface area contributed by atoms with E-state index in [1.807, 2.05) is 42.5 Å². The smallest absolute Gasteiger partial charge is 0.0998 e. The SMILES string of the molecule is Cc1ccccc1Cn1cc(/C=C(\C#N)c2cccc(Cl)c2)c2ccccc21. The minimum atomic E-state index is 0.598. The van der Waals surface area contributed by atoms with E-state index in [0.29, 0.717) is 10.6 Å². The van der Waals surface area contributed by atoms with Crippen LogP contribution in [0.3, 0.4) is 0 Å². The number of nitriles is 1. The Morgan fingerprint density at radius 1 is 1.04 bits per heavy atom. The first-order valence-corrected chi connectivity index (χ1v) is 9.53. The summed E-state index contributed by atoms with van der Waals surface area (Å²) in [5, 5.41) is 11.5. The zero-order chi connectivity index (χ0) is 19.5. The summed E-state index contributed by atoms with van der Waals surface area (Å²) in [6, 6.07) is 26.5. The van der Waals surface area contributed by atoms with E-state index in [1.54, 1.807) is 0 Å². The molecule has 3 heteroatoms. The number of aromatic nitrogens is 1. The van der Waals surface area contributed by atoms with Gasteiger partial charge in [-0.3, -0.25) is 0 Å². The number of fused-ring (bicyclic) bond motifs is 1. The summed E-state index contributed by atoms with van der Waals surface area (Å²) in [6.07, 6.45) is 4.07. The second-order valence-corrected chi connectivity index (χ2v) is 7.27. The van der Waals surface area contributed by atoms with Gasteiger partial charge in [0.25, 0.3) is 0 Å². The van der Waals surface area contributed by atoms with Gasteiger partial charge < -0.3 is 4.57 Å². The Balaban J connectivity index is 1.82. The Hall–Kier alpha value is -3.28. The molecule has 136 valence electrons. The molecule has 0 radical (unpaired) electrons. The van der Waals surface area contributed by atoms with E-state index >= 15 is 0 Å². The lowest BCUT2D eigenvalue weighted by Gasteiger charge is -2.08.